The molecule has 0 radical (unpaired) electrons. The quantitative estimate of drug-likeness (QED) is 0.734. The van der Waals surface area contributed by atoms with Gasteiger partial charge < -0.3 is 10.2 Å². The molecule has 4 heteroatoms. The van der Waals surface area contributed by atoms with Gasteiger partial charge in [-0.15, -0.1) is 0 Å². The zero-order chi connectivity index (χ0) is 15.9. The third-order valence-electron chi connectivity index (χ3n) is 4.12. The van der Waals surface area contributed by atoms with Crippen LogP contribution in [-0.4, -0.2) is 35.8 Å². The summed E-state index contributed by atoms with van der Waals surface area (Å²) in [5.41, 5.74) is -0.240. The van der Waals surface area contributed by atoms with E-state index in [1.165, 1.54) is 32.1 Å². The number of unbranched alkanes of at least 4 members (excludes halogenated alkanes) is 5. The summed E-state index contributed by atoms with van der Waals surface area (Å²) in [6.45, 7) is 9.57. The minimum Gasteiger partial charge on any atom is -0.344 e. The van der Waals surface area contributed by atoms with Gasteiger partial charge in [0.15, 0.2) is 0 Å². The fourth-order valence-electron chi connectivity index (χ4n) is 2.72. The van der Waals surface area contributed by atoms with Crippen LogP contribution in [0.15, 0.2) is 0 Å². The van der Waals surface area contributed by atoms with Crippen molar-refractivity contribution in [2.45, 2.75) is 78.7 Å². The predicted molar refractivity (Wildman–Crippen MR) is 86.0 cm³/mol. The van der Waals surface area contributed by atoms with E-state index in [9.17, 15) is 9.59 Å². The molecule has 1 fully saturated rings. The van der Waals surface area contributed by atoms with Gasteiger partial charge in [0.1, 0.15) is 6.04 Å². The summed E-state index contributed by atoms with van der Waals surface area (Å²) in [5, 5.41) is 2.89. The zero-order valence-electron chi connectivity index (χ0n) is 14.2. The molecule has 1 aliphatic heterocycles. The molecule has 1 heterocycles. The van der Waals surface area contributed by atoms with Gasteiger partial charge in [-0.25, -0.2) is 0 Å². The SMILES string of the molecule is CCCCCCCCN1CCC(=O)NC(C(C)(C)C)C1=O. The Morgan fingerprint density at radius 1 is 1.10 bits per heavy atom. The molecular weight excluding hydrogens is 264 g/mol. The highest BCUT2D eigenvalue weighted by molar-refractivity contribution is 5.90. The Hall–Kier alpha value is -1.06. The van der Waals surface area contributed by atoms with Crippen LogP contribution in [0, 0.1) is 5.41 Å². The summed E-state index contributed by atoms with van der Waals surface area (Å²) in [6, 6.07) is -0.396. The van der Waals surface area contributed by atoms with Crippen molar-refractivity contribution in [1.82, 2.24) is 10.2 Å². The van der Waals surface area contributed by atoms with Crippen molar-refractivity contribution >= 4 is 11.8 Å². The van der Waals surface area contributed by atoms with Gasteiger partial charge in [-0.2, -0.15) is 0 Å². The fourth-order valence-corrected chi connectivity index (χ4v) is 2.72. The van der Waals surface area contributed by atoms with E-state index in [-0.39, 0.29) is 17.2 Å². The van der Waals surface area contributed by atoms with E-state index in [1.807, 2.05) is 25.7 Å². The highest BCUT2D eigenvalue weighted by Crippen LogP contribution is 2.23. The lowest BCUT2D eigenvalue weighted by atomic mass is 9.86. The van der Waals surface area contributed by atoms with Crippen LogP contribution in [0.1, 0.15) is 72.6 Å². The van der Waals surface area contributed by atoms with E-state index in [1.54, 1.807) is 0 Å². The Labute approximate surface area is 129 Å². The molecule has 0 saturated carbocycles. The van der Waals surface area contributed by atoms with E-state index in [0.717, 1.165) is 13.0 Å². The highest BCUT2D eigenvalue weighted by atomic mass is 16.2. The predicted octanol–water partition coefficient (Wildman–Crippen LogP) is 3.11. The molecule has 1 saturated heterocycles. The van der Waals surface area contributed by atoms with Crippen LogP contribution in [0.4, 0.5) is 0 Å². The summed E-state index contributed by atoms with van der Waals surface area (Å²) >= 11 is 0. The standard InChI is InChI=1S/C17H32N2O2/c1-5-6-7-8-9-10-12-19-13-11-14(20)18-15(16(19)21)17(2,3)4/h15H,5-13H2,1-4H3,(H,18,20). The first-order valence-electron chi connectivity index (χ1n) is 8.44. The van der Waals surface area contributed by atoms with Gasteiger partial charge in [0, 0.05) is 19.5 Å². The van der Waals surface area contributed by atoms with Crippen molar-refractivity contribution < 1.29 is 9.59 Å². The Morgan fingerprint density at radius 2 is 1.71 bits per heavy atom. The maximum Gasteiger partial charge on any atom is 0.245 e. The molecular formula is C17H32N2O2. The summed E-state index contributed by atoms with van der Waals surface area (Å²) in [7, 11) is 0. The lowest BCUT2D eigenvalue weighted by Crippen LogP contribution is -2.52. The topological polar surface area (TPSA) is 49.4 Å². The van der Waals surface area contributed by atoms with Crippen molar-refractivity contribution in [3.05, 3.63) is 0 Å². The van der Waals surface area contributed by atoms with E-state index in [4.69, 9.17) is 0 Å². The average molecular weight is 296 g/mol. The number of nitrogens with zero attached hydrogens (tertiary/aromatic N) is 1. The summed E-state index contributed by atoms with van der Waals surface area (Å²) in [6.07, 6.45) is 7.73. The summed E-state index contributed by atoms with van der Waals surface area (Å²) in [4.78, 5) is 26.3. The number of carbonyl (C=O) groups excluding carboxylic acids is 2. The maximum atomic E-state index is 12.6. The number of nitrogens with one attached hydrogen (secondary N) is 1. The van der Waals surface area contributed by atoms with Crippen LogP contribution in [0.2, 0.25) is 0 Å². The fraction of sp³-hybridized carbons (Fsp3) is 0.882. The van der Waals surface area contributed by atoms with Crippen molar-refractivity contribution in [3.63, 3.8) is 0 Å². The molecule has 122 valence electrons. The Balaban J connectivity index is 2.48. The first-order valence-corrected chi connectivity index (χ1v) is 8.44. The van der Waals surface area contributed by atoms with Gasteiger partial charge in [-0.1, -0.05) is 59.8 Å². The Morgan fingerprint density at radius 3 is 2.33 bits per heavy atom. The highest BCUT2D eigenvalue weighted by Gasteiger charge is 2.37. The molecule has 2 amide bonds. The molecule has 0 spiro atoms. The monoisotopic (exact) mass is 296 g/mol. The molecule has 1 unspecified atom stereocenters. The zero-order valence-corrected chi connectivity index (χ0v) is 14.2. The molecule has 1 rings (SSSR count). The number of hydrogen-bond acceptors (Lipinski definition) is 2. The molecule has 0 bridgehead atoms. The van der Waals surface area contributed by atoms with Crippen LogP contribution >= 0.6 is 0 Å². The second-order valence-corrected chi connectivity index (χ2v) is 7.21. The second kappa shape index (κ2) is 8.40. The Kier molecular flexibility index (Phi) is 7.20. The lowest BCUT2D eigenvalue weighted by molar-refractivity contribution is -0.136. The van der Waals surface area contributed by atoms with Crippen molar-refractivity contribution in [2.75, 3.05) is 13.1 Å². The number of hydrogen-bond donors (Lipinski definition) is 1. The lowest BCUT2D eigenvalue weighted by Gasteiger charge is -2.32. The van der Waals surface area contributed by atoms with E-state index < -0.39 is 6.04 Å². The third-order valence-corrected chi connectivity index (χ3v) is 4.12. The number of amides is 2. The molecule has 4 nitrogen and oxygen atoms in total. The van der Waals surface area contributed by atoms with Gasteiger partial charge >= 0.3 is 0 Å². The van der Waals surface area contributed by atoms with Gasteiger partial charge in [-0.05, 0) is 11.8 Å². The van der Waals surface area contributed by atoms with Crippen LogP contribution in [0.5, 0.6) is 0 Å². The summed E-state index contributed by atoms with van der Waals surface area (Å²) in [5.74, 6) is 0.0793. The number of carbonyl (C=O) groups is 2. The Bertz CT molecular complexity index is 347. The van der Waals surface area contributed by atoms with Gasteiger partial charge in [0.25, 0.3) is 0 Å². The van der Waals surface area contributed by atoms with Crippen molar-refractivity contribution in [3.8, 4) is 0 Å². The molecule has 21 heavy (non-hydrogen) atoms. The van der Waals surface area contributed by atoms with E-state index in [2.05, 4.69) is 12.2 Å². The van der Waals surface area contributed by atoms with Crippen LogP contribution in [-0.2, 0) is 9.59 Å². The van der Waals surface area contributed by atoms with Gasteiger partial charge in [-0.3, -0.25) is 9.59 Å². The third kappa shape index (κ3) is 6.06. The average Bonchev–Trinajstić information content (AvgIpc) is 2.54. The molecule has 0 aromatic carbocycles. The minimum absolute atomic E-state index is 0.00581. The molecule has 0 aromatic heterocycles. The van der Waals surface area contributed by atoms with E-state index >= 15 is 0 Å². The van der Waals surface area contributed by atoms with Crippen molar-refractivity contribution in [2.24, 2.45) is 5.41 Å². The first-order chi connectivity index (χ1) is 9.86. The van der Waals surface area contributed by atoms with E-state index in [0.29, 0.717) is 13.0 Å². The van der Waals surface area contributed by atoms with Crippen LogP contribution < -0.4 is 5.32 Å². The molecule has 0 aromatic rings. The largest absolute Gasteiger partial charge is 0.344 e. The van der Waals surface area contributed by atoms with Gasteiger partial charge in [0.05, 0.1) is 0 Å². The first kappa shape index (κ1) is 18.0. The number of rotatable bonds is 7. The summed E-state index contributed by atoms with van der Waals surface area (Å²) < 4.78 is 0. The molecule has 1 aliphatic rings. The van der Waals surface area contributed by atoms with Gasteiger partial charge in [0.2, 0.25) is 11.8 Å². The second-order valence-electron chi connectivity index (χ2n) is 7.21. The van der Waals surface area contributed by atoms with Crippen LogP contribution in [0.3, 0.4) is 0 Å². The minimum atomic E-state index is -0.396. The van der Waals surface area contributed by atoms with Crippen molar-refractivity contribution in [1.29, 1.82) is 0 Å². The molecule has 0 aliphatic carbocycles. The normalized spacial score (nSPS) is 20.4. The molecule has 1 N–H and O–H groups in total. The maximum absolute atomic E-state index is 12.6. The van der Waals surface area contributed by atoms with Crippen LogP contribution in [0.25, 0.3) is 0 Å². The smallest absolute Gasteiger partial charge is 0.245 e. The molecule has 1 atom stereocenters.